The Kier molecular flexibility index (Phi) is 6.08. The highest BCUT2D eigenvalue weighted by Gasteiger charge is 2.47. The van der Waals surface area contributed by atoms with E-state index in [9.17, 15) is 19.1 Å². The van der Waals surface area contributed by atoms with Crippen molar-refractivity contribution in [3.63, 3.8) is 0 Å². The van der Waals surface area contributed by atoms with Crippen LogP contribution in [0.1, 0.15) is 38.7 Å². The standard InChI is InChI=1S/C26H24FNO4S/c1-14-9-10-33-25(14)22-21(23(29)19-11-16(3)20(32-4)12-15(19)2)24(30)26(31)28(22)13-17-5-7-18(27)8-6-17/h5-12,22,29H,13H2,1-4H3/b23-21+. The quantitative estimate of drug-likeness (QED) is 0.309. The summed E-state index contributed by atoms with van der Waals surface area (Å²) in [6, 6.07) is 10.5. The molecule has 3 aromatic rings. The lowest BCUT2D eigenvalue weighted by Gasteiger charge is -2.25. The van der Waals surface area contributed by atoms with Gasteiger partial charge in [-0.2, -0.15) is 0 Å². The van der Waals surface area contributed by atoms with Crippen molar-refractivity contribution < 1.29 is 23.8 Å². The Morgan fingerprint density at radius 2 is 1.76 bits per heavy atom. The van der Waals surface area contributed by atoms with E-state index in [0.29, 0.717) is 16.9 Å². The van der Waals surface area contributed by atoms with Gasteiger partial charge in [-0.15, -0.1) is 11.3 Å². The fourth-order valence-corrected chi connectivity index (χ4v) is 5.22. The molecule has 1 aliphatic heterocycles. The minimum absolute atomic E-state index is 0.0559. The monoisotopic (exact) mass is 465 g/mol. The van der Waals surface area contributed by atoms with Crippen molar-refractivity contribution in [2.45, 2.75) is 33.4 Å². The molecule has 4 rings (SSSR count). The van der Waals surface area contributed by atoms with Gasteiger partial charge in [0.05, 0.1) is 12.7 Å². The Bertz CT molecular complexity index is 1280. The van der Waals surface area contributed by atoms with E-state index >= 15 is 0 Å². The number of aliphatic hydroxyl groups excluding tert-OH is 1. The number of ether oxygens (including phenoxy) is 1. The molecular formula is C26H24FNO4S. The first kappa shape index (κ1) is 22.7. The molecule has 2 aromatic carbocycles. The first-order valence-corrected chi connectivity index (χ1v) is 11.3. The van der Waals surface area contributed by atoms with Crippen molar-refractivity contribution in [3.05, 3.63) is 91.9 Å². The van der Waals surface area contributed by atoms with E-state index in [1.807, 2.05) is 32.2 Å². The molecule has 0 radical (unpaired) electrons. The lowest BCUT2D eigenvalue weighted by atomic mass is 9.95. The second-order valence-electron chi connectivity index (χ2n) is 8.16. The molecule has 170 valence electrons. The van der Waals surface area contributed by atoms with E-state index in [1.54, 1.807) is 31.4 Å². The number of ketones is 1. The summed E-state index contributed by atoms with van der Waals surface area (Å²) in [5.41, 5.74) is 3.67. The number of hydrogen-bond donors (Lipinski definition) is 1. The van der Waals surface area contributed by atoms with Gasteiger partial charge in [-0.25, -0.2) is 4.39 Å². The Morgan fingerprint density at radius 1 is 1.06 bits per heavy atom. The minimum atomic E-state index is -0.739. The van der Waals surface area contributed by atoms with Crippen LogP contribution in [0.25, 0.3) is 5.76 Å². The zero-order chi connectivity index (χ0) is 23.9. The molecule has 2 heterocycles. The van der Waals surface area contributed by atoms with Crippen LogP contribution in [0.2, 0.25) is 0 Å². The summed E-state index contributed by atoms with van der Waals surface area (Å²) in [7, 11) is 1.57. The van der Waals surface area contributed by atoms with Crippen LogP contribution < -0.4 is 4.74 Å². The summed E-state index contributed by atoms with van der Waals surface area (Å²) < 4.78 is 18.7. The lowest BCUT2D eigenvalue weighted by Crippen LogP contribution is -2.29. The van der Waals surface area contributed by atoms with Gasteiger partial charge in [0.25, 0.3) is 11.7 Å². The summed E-state index contributed by atoms with van der Waals surface area (Å²) in [6.07, 6.45) is 0. The lowest BCUT2D eigenvalue weighted by molar-refractivity contribution is -0.140. The molecule has 0 spiro atoms. The number of rotatable bonds is 5. The molecular weight excluding hydrogens is 441 g/mol. The zero-order valence-electron chi connectivity index (χ0n) is 18.8. The number of thiophene rings is 1. The Labute approximate surface area is 195 Å². The van der Waals surface area contributed by atoms with Gasteiger partial charge in [0.15, 0.2) is 0 Å². The number of nitrogens with zero attached hydrogens (tertiary/aromatic N) is 1. The Morgan fingerprint density at radius 3 is 2.36 bits per heavy atom. The van der Waals surface area contributed by atoms with Crippen LogP contribution >= 0.6 is 11.3 Å². The van der Waals surface area contributed by atoms with Crippen LogP contribution in [0.5, 0.6) is 5.75 Å². The maximum absolute atomic E-state index is 13.4. The molecule has 33 heavy (non-hydrogen) atoms. The maximum atomic E-state index is 13.4. The maximum Gasteiger partial charge on any atom is 0.295 e. The molecule has 0 aliphatic carbocycles. The number of carbonyl (C=O) groups excluding carboxylic acids is 2. The number of halogens is 1. The molecule has 0 bridgehead atoms. The third-order valence-corrected chi connectivity index (χ3v) is 7.02. The number of methoxy groups -OCH3 is 1. The molecule has 1 N–H and O–H groups in total. The largest absolute Gasteiger partial charge is 0.507 e. The third kappa shape index (κ3) is 4.04. The van der Waals surface area contributed by atoms with Gasteiger partial charge in [0, 0.05) is 17.0 Å². The van der Waals surface area contributed by atoms with Crippen LogP contribution in [-0.2, 0) is 16.1 Å². The van der Waals surface area contributed by atoms with E-state index in [2.05, 4.69) is 0 Å². The van der Waals surface area contributed by atoms with Crippen LogP contribution in [0, 0.1) is 26.6 Å². The van der Waals surface area contributed by atoms with Gasteiger partial charge >= 0.3 is 0 Å². The molecule has 1 atom stereocenters. The van der Waals surface area contributed by atoms with Crippen molar-refractivity contribution >= 4 is 28.8 Å². The van der Waals surface area contributed by atoms with E-state index in [0.717, 1.165) is 21.6 Å². The van der Waals surface area contributed by atoms with E-state index < -0.39 is 17.7 Å². The molecule has 7 heteroatoms. The van der Waals surface area contributed by atoms with Gasteiger partial charge in [0.2, 0.25) is 0 Å². The number of aliphatic hydroxyl groups is 1. The average Bonchev–Trinajstić information content (AvgIpc) is 3.31. The van der Waals surface area contributed by atoms with Crippen molar-refractivity contribution in [2.75, 3.05) is 7.11 Å². The topological polar surface area (TPSA) is 66.8 Å². The molecule has 1 fully saturated rings. The molecule has 5 nitrogen and oxygen atoms in total. The Hall–Kier alpha value is -3.45. The van der Waals surface area contributed by atoms with Crippen LogP contribution in [0.3, 0.4) is 0 Å². The van der Waals surface area contributed by atoms with Gasteiger partial charge in [-0.05, 0) is 78.7 Å². The molecule has 1 unspecified atom stereocenters. The van der Waals surface area contributed by atoms with E-state index in [-0.39, 0.29) is 23.7 Å². The molecule has 0 saturated carbocycles. The van der Waals surface area contributed by atoms with Crippen LogP contribution in [0.15, 0.2) is 53.4 Å². The summed E-state index contributed by atoms with van der Waals surface area (Å²) >= 11 is 1.43. The summed E-state index contributed by atoms with van der Waals surface area (Å²) in [5.74, 6) is -1.35. The number of benzene rings is 2. The van der Waals surface area contributed by atoms with Gasteiger partial charge in [-0.1, -0.05) is 12.1 Å². The van der Waals surface area contributed by atoms with Gasteiger partial charge in [0.1, 0.15) is 23.4 Å². The number of hydrogen-bond acceptors (Lipinski definition) is 5. The van der Waals surface area contributed by atoms with Gasteiger partial charge < -0.3 is 14.7 Å². The number of aryl methyl sites for hydroxylation is 3. The molecule has 1 saturated heterocycles. The highest BCUT2D eigenvalue weighted by Crippen LogP contribution is 2.44. The predicted molar refractivity (Wildman–Crippen MR) is 126 cm³/mol. The number of Topliss-reactive ketones (excluding diaryl/α,β-unsaturated/α-hetero) is 1. The highest BCUT2D eigenvalue weighted by atomic mass is 32.1. The van der Waals surface area contributed by atoms with Crippen molar-refractivity contribution in [3.8, 4) is 5.75 Å². The SMILES string of the molecule is COc1cc(C)c(/C(O)=C2\C(=O)C(=O)N(Cc3ccc(F)cc3)C2c2sccc2C)cc1C. The highest BCUT2D eigenvalue weighted by molar-refractivity contribution is 7.10. The summed E-state index contributed by atoms with van der Waals surface area (Å²) in [6.45, 7) is 5.69. The van der Waals surface area contributed by atoms with Crippen LogP contribution in [0.4, 0.5) is 4.39 Å². The van der Waals surface area contributed by atoms with E-state index in [4.69, 9.17) is 4.74 Å². The third-order valence-electron chi connectivity index (χ3n) is 5.95. The molecule has 1 aromatic heterocycles. The minimum Gasteiger partial charge on any atom is -0.507 e. The Balaban J connectivity index is 1.88. The van der Waals surface area contributed by atoms with E-state index in [1.165, 1.54) is 28.4 Å². The van der Waals surface area contributed by atoms with Crippen LogP contribution in [-0.4, -0.2) is 28.8 Å². The number of carbonyl (C=O) groups is 2. The fraction of sp³-hybridized carbons (Fsp3) is 0.231. The fourth-order valence-electron chi connectivity index (χ4n) is 4.18. The zero-order valence-corrected chi connectivity index (χ0v) is 19.6. The normalized spacial score (nSPS) is 17.6. The molecule has 1 aliphatic rings. The van der Waals surface area contributed by atoms with Gasteiger partial charge in [-0.3, -0.25) is 9.59 Å². The second-order valence-corrected chi connectivity index (χ2v) is 9.11. The number of amides is 1. The van der Waals surface area contributed by atoms with Crippen molar-refractivity contribution in [1.82, 2.24) is 4.90 Å². The molecule has 1 amide bonds. The predicted octanol–water partition coefficient (Wildman–Crippen LogP) is 5.44. The number of likely N-dealkylation sites (tertiary alicyclic amines) is 1. The van der Waals surface area contributed by atoms with Crippen molar-refractivity contribution in [1.29, 1.82) is 0 Å². The summed E-state index contributed by atoms with van der Waals surface area (Å²) in [4.78, 5) is 28.6. The smallest absolute Gasteiger partial charge is 0.295 e. The average molecular weight is 466 g/mol. The van der Waals surface area contributed by atoms with Crippen molar-refractivity contribution in [2.24, 2.45) is 0 Å². The first-order valence-electron chi connectivity index (χ1n) is 10.5. The summed E-state index contributed by atoms with van der Waals surface area (Å²) in [5, 5.41) is 13.2. The first-order chi connectivity index (χ1) is 15.7. The second kappa shape index (κ2) is 8.83.